The minimum absolute atomic E-state index is 0.102. The summed E-state index contributed by atoms with van der Waals surface area (Å²) in [6, 6.07) is 4.57. The van der Waals surface area contributed by atoms with Crippen molar-refractivity contribution in [1.29, 1.82) is 0 Å². The maximum atomic E-state index is 13.3. The number of hydrogen-bond donors (Lipinski definition) is 0. The van der Waals surface area contributed by atoms with Crippen molar-refractivity contribution in [3.63, 3.8) is 0 Å². The van der Waals surface area contributed by atoms with Gasteiger partial charge in [0, 0.05) is 5.56 Å². The van der Waals surface area contributed by atoms with Crippen molar-refractivity contribution < 1.29 is 9.18 Å². The van der Waals surface area contributed by atoms with Crippen molar-refractivity contribution in [3.8, 4) is 0 Å². The number of benzene rings is 1. The minimum atomic E-state index is -1.94. The van der Waals surface area contributed by atoms with Gasteiger partial charge in [0.2, 0.25) is 5.78 Å². The van der Waals surface area contributed by atoms with Crippen LogP contribution in [-0.2, 0) is 0 Å². The molecule has 1 aromatic rings. The first-order valence-corrected chi connectivity index (χ1v) is 4.77. The number of alkyl halides is 1. The van der Waals surface area contributed by atoms with Gasteiger partial charge in [-0.3, -0.25) is 4.79 Å². The highest BCUT2D eigenvalue weighted by Crippen LogP contribution is 2.29. The highest BCUT2D eigenvalue weighted by atomic mass is 35.5. The van der Waals surface area contributed by atoms with Gasteiger partial charge in [-0.1, -0.05) is 29.3 Å². The molecule has 0 saturated heterocycles. The second-order valence-electron chi connectivity index (χ2n) is 3.40. The van der Waals surface area contributed by atoms with Crippen molar-refractivity contribution in [1.82, 2.24) is 0 Å². The lowest BCUT2D eigenvalue weighted by molar-refractivity contribution is 0.0760. The molecule has 0 aromatic heterocycles. The highest BCUT2D eigenvalue weighted by Gasteiger charge is 2.29. The summed E-state index contributed by atoms with van der Waals surface area (Å²) in [7, 11) is 0. The molecule has 0 unspecified atom stereocenters. The maximum absolute atomic E-state index is 13.3. The molecule has 14 heavy (non-hydrogen) atoms. The van der Waals surface area contributed by atoms with Crippen LogP contribution in [0.3, 0.4) is 0 Å². The summed E-state index contributed by atoms with van der Waals surface area (Å²) in [5, 5.41) is 0.353. The Balaban J connectivity index is 3.21. The van der Waals surface area contributed by atoms with Crippen molar-refractivity contribution >= 4 is 29.0 Å². The molecule has 0 aliphatic rings. The summed E-state index contributed by atoms with van der Waals surface area (Å²) in [5.74, 6) is -0.662. The van der Waals surface area contributed by atoms with Crippen molar-refractivity contribution in [2.45, 2.75) is 19.5 Å². The molecule has 0 N–H and O–H groups in total. The Bertz CT molecular complexity index is 369. The third kappa shape index (κ3) is 2.25. The Morgan fingerprint density at radius 2 is 1.93 bits per heavy atom. The monoisotopic (exact) mass is 234 g/mol. The van der Waals surface area contributed by atoms with E-state index in [4.69, 9.17) is 23.2 Å². The zero-order valence-electron chi connectivity index (χ0n) is 7.77. The maximum Gasteiger partial charge on any atom is 0.200 e. The summed E-state index contributed by atoms with van der Waals surface area (Å²) in [5.41, 5.74) is -1.82. The van der Waals surface area contributed by atoms with E-state index in [-0.39, 0.29) is 15.6 Å². The van der Waals surface area contributed by atoms with Crippen LogP contribution < -0.4 is 0 Å². The Labute approximate surface area is 91.8 Å². The second kappa shape index (κ2) is 3.87. The number of carbonyl (C=O) groups excluding carboxylic acids is 1. The van der Waals surface area contributed by atoms with E-state index in [0.29, 0.717) is 0 Å². The molecule has 4 heteroatoms. The first kappa shape index (κ1) is 11.5. The Morgan fingerprint density at radius 3 is 2.43 bits per heavy atom. The second-order valence-corrected chi connectivity index (χ2v) is 4.19. The van der Waals surface area contributed by atoms with Crippen LogP contribution in [0, 0.1) is 0 Å². The number of Topliss-reactive ketones (excluding diaryl/α,β-unsaturated/α-hetero) is 1. The van der Waals surface area contributed by atoms with Crippen molar-refractivity contribution in [3.05, 3.63) is 33.8 Å². The molecule has 0 amide bonds. The standard InChI is InChI=1S/C10H9Cl2FO/c1-10(2,13)9(14)6-4-3-5-7(11)8(6)12/h3-5H,1-2H3. The largest absolute Gasteiger partial charge is 0.291 e. The molecular weight excluding hydrogens is 226 g/mol. The van der Waals surface area contributed by atoms with Crippen LogP contribution in [-0.4, -0.2) is 11.5 Å². The molecule has 0 saturated carbocycles. The Hall–Kier alpha value is -0.600. The third-order valence-electron chi connectivity index (χ3n) is 1.74. The Morgan fingerprint density at radius 1 is 1.36 bits per heavy atom. The first-order chi connectivity index (χ1) is 6.34. The molecule has 0 radical (unpaired) electrons. The number of carbonyl (C=O) groups is 1. The fourth-order valence-electron chi connectivity index (χ4n) is 0.999. The topological polar surface area (TPSA) is 17.1 Å². The van der Waals surface area contributed by atoms with Gasteiger partial charge < -0.3 is 0 Å². The van der Waals surface area contributed by atoms with Crippen LogP contribution in [0.4, 0.5) is 4.39 Å². The normalized spacial score (nSPS) is 11.5. The first-order valence-electron chi connectivity index (χ1n) is 4.02. The van der Waals surface area contributed by atoms with E-state index in [1.54, 1.807) is 12.1 Å². The van der Waals surface area contributed by atoms with Crippen LogP contribution in [0.2, 0.25) is 10.0 Å². The van der Waals surface area contributed by atoms with Gasteiger partial charge >= 0.3 is 0 Å². The fraction of sp³-hybridized carbons (Fsp3) is 0.300. The number of halogens is 3. The average Bonchev–Trinajstić information content (AvgIpc) is 2.07. The van der Waals surface area contributed by atoms with Gasteiger partial charge in [-0.15, -0.1) is 0 Å². The predicted octanol–water partition coefficient (Wildman–Crippen LogP) is 3.92. The zero-order chi connectivity index (χ0) is 10.9. The highest BCUT2D eigenvalue weighted by molar-refractivity contribution is 6.44. The van der Waals surface area contributed by atoms with Gasteiger partial charge in [0.25, 0.3) is 0 Å². The summed E-state index contributed by atoms with van der Waals surface area (Å²) < 4.78 is 13.3. The van der Waals surface area contributed by atoms with Crippen LogP contribution in [0.15, 0.2) is 18.2 Å². The van der Waals surface area contributed by atoms with E-state index in [1.165, 1.54) is 19.9 Å². The van der Waals surface area contributed by atoms with Crippen molar-refractivity contribution in [2.24, 2.45) is 0 Å². The van der Waals surface area contributed by atoms with E-state index < -0.39 is 11.5 Å². The molecule has 0 aliphatic carbocycles. The smallest absolute Gasteiger partial charge is 0.200 e. The lowest BCUT2D eigenvalue weighted by Gasteiger charge is -2.13. The molecule has 0 heterocycles. The number of hydrogen-bond acceptors (Lipinski definition) is 1. The molecular formula is C10H9Cl2FO. The SMILES string of the molecule is CC(C)(F)C(=O)c1cccc(Cl)c1Cl. The van der Waals surface area contributed by atoms with Gasteiger partial charge in [0.1, 0.15) is 0 Å². The predicted molar refractivity (Wildman–Crippen MR) is 56.0 cm³/mol. The molecule has 76 valence electrons. The fourth-order valence-corrected chi connectivity index (χ4v) is 1.39. The zero-order valence-corrected chi connectivity index (χ0v) is 9.29. The molecule has 0 atom stereocenters. The summed E-state index contributed by atoms with van der Waals surface area (Å²) in [6.45, 7) is 2.37. The lowest BCUT2D eigenvalue weighted by Crippen LogP contribution is -2.26. The number of ketones is 1. The van der Waals surface area contributed by atoms with Crippen LogP contribution in [0.1, 0.15) is 24.2 Å². The van der Waals surface area contributed by atoms with Crippen LogP contribution in [0.5, 0.6) is 0 Å². The minimum Gasteiger partial charge on any atom is -0.291 e. The van der Waals surface area contributed by atoms with Gasteiger partial charge in [0.15, 0.2) is 5.67 Å². The molecule has 0 fully saturated rings. The van der Waals surface area contributed by atoms with Crippen LogP contribution in [0.25, 0.3) is 0 Å². The molecule has 1 nitrogen and oxygen atoms in total. The van der Waals surface area contributed by atoms with E-state index in [2.05, 4.69) is 0 Å². The molecule has 1 aromatic carbocycles. The quantitative estimate of drug-likeness (QED) is 0.710. The van der Waals surface area contributed by atoms with Gasteiger partial charge in [0.05, 0.1) is 10.0 Å². The number of rotatable bonds is 2. The summed E-state index contributed by atoms with van der Waals surface area (Å²) >= 11 is 11.5. The van der Waals surface area contributed by atoms with Crippen LogP contribution >= 0.6 is 23.2 Å². The Kier molecular flexibility index (Phi) is 3.17. The van der Waals surface area contributed by atoms with Gasteiger partial charge in [-0.25, -0.2) is 4.39 Å². The van der Waals surface area contributed by atoms with E-state index in [9.17, 15) is 9.18 Å². The molecule has 1 rings (SSSR count). The van der Waals surface area contributed by atoms with Gasteiger partial charge in [-0.05, 0) is 26.0 Å². The average molecular weight is 235 g/mol. The van der Waals surface area contributed by atoms with E-state index in [1.807, 2.05) is 0 Å². The summed E-state index contributed by atoms with van der Waals surface area (Å²) in [4.78, 5) is 11.5. The molecule has 0 aliphatic heterocycles. The lowest BCUT2D eigenvalue weighted by atomic mass is 9.98. The third-order valence-corrected chi connectivity index (χ3v) is 2.56. The van der Waals surface area contributed by atoms with Crippen molar-refractivity contribution in [2.75, 3.05) is 0 Å². The summed E-state index contributed by atoms with van der Waals surface area (Å²) in [6.07, 6.45) is 0. The van der Waals surface area contributed by atoms with E-state index >= 15 is 0 Å². The van der Waals surface area contributed by atoms with E-state index in [0.717, 1.165) is 0 Å². The molecule has 0 spiro atoms. The van der Waals surface area contributed by atoms with Gasteiger partial charge in [-0.2, -0.15) is 0 Å². The molecule has 0 bridgehead atoms.